The number of ether oxygens (including phenoxy) is 1. The molecule has 0 atom stereocenters. The van der Waals surface area contributed by atoms with E-state index in [4.69, 9.17) is 4.74 Å². The summed E-state index contributed by atoms with van der Waals surface area (Å²) in [6.07, 6.45) is 2.13. The summed E-state index contributed by atoms with van der Waals surface area (Å²) in [5.74, 6) is 0.113. The highest BCUT2D eigenvalue weighted by Gasteiger charge is 2.23. The first-order chi connectivity index (χ1) is 9.20. The van der Waals surface area contributed by atoms with Crippen molar-refractivity contribution >= 4 is 17.7 Å². The van der Waals surface area contributed by atoms with Gasteiger partial charge in [0.15, 0.2) is 0 Å². The SMILES string of the molecule is COCC(=O)N1CCC(Sc2ccccc2C)CC1. The maximum Gasteiger partial charge on any atom is 0.248 e. The number of hydrogen-bond donors (Lipinski definition) is 0. The molecule has 0 bridgehead atoms. The average molecular weight is 279 g/mol. The van der Waals surface area contributed by atoms with Gasteiger partial charge < -0.3 is 9.64 Å². The van der Waals surface area contributed by atoms with Crippen molar-refractivity contribution < 1.29 is 9.53 Å². The second-order valence-corrected chi connectivity index (χ2v) is 6.24. The van der Waals surface area contributed by atoms with Crippen molar-refractivity contribution in [2.75, 3.05) is 26.8 Å². The number of piperidine rings is 1. The first-order valence-corrected chi connectivity index (χ1v) is 7.57. The van der Waals surface area contributed by atoms with Crippen LogP contribution in [0.2, 0.25) is 0 Å². The van der Waals surface area contributed by atoms with Crippen molar-refractivity contribution in [3.8, 4) is 0 Å². The van der Waals surface area contributed by atoms with Gasteiger partial charge in [0.25, 0.3) is 0 Å². The number of methoxy groups -OCH3 is 1. The molecule has 0 aromatic heterocycles. The van der Waals surface area contributed by atoms with E-state index in [0.717, 1.165) is 25.9 Å². The quantitative estimate of drug-likeness (QED) is 0.849. The molecule has 1 amide bonds. The third kappa shape index (κ3) is 3.98. The van der Waals surface area contributed by atoms with Crippen molar-refractivity contribution in [2.45, 2.75) is 29.9 Å². The highest BCUT2D eigenvalue weighted by atomic mass is 32.2. The number of carbonyl (C=O) groups excluding carboxylic acids is 1. The number of nitrogens with zero attached hydrogens (tertiary/aromatic N) is 1. The van der Waals surface area contributed by atoms with Gasteiger partial charge in [0.1, 0.15) is 6.61 Å². The number of carbonyl (C=O) groups is 1. The van der Waals surface area contributed by atoms with Crippen LogP contribution in [0.3, 0.4) is 0 Å². The Morgan fingerprint density at radius 1 is 1.37 bits per heavy atom. The number of thioether (sulfide) groups is 1. The summed E-state index contributed by atoms with van der Waals surface area (Å²) in [4.78, 5) is 15.0. The molecule has 0 aliphatic carbocycles. The maximum atomic E-state index is 11.7. The summed E-state index contributed by atoms with van der Waals surface area (Å²) in [6.45, 7) is 4.06. The number of hydrogen-bond acceptors (Lipinski definition) is 3. The van der Waals surface area contributed by atoms with E-state index >= 15 is 0 Å². The number of amides is 1. The first-order valence-electron chi connectivity index (χ1n) is 6.69. The van der Waals surface area contributed by atoms with Gasteiger partial charge in [-0.2, -0.15) is 0 Å². The lowest BCUT2D eigenvalue weighted by atomic mass is 10.1. The van der Waals surface area contributed by atoms with E-state index in [1.807, 2.05) is 16.7 Å². The molecule has 1 aliphatic heterocycles. The lowest BCUT2D eigenvalue weighted by Gasteiger charge is -2.31. The van der Waals surface area contributed by atoms with E-state index in [9.17, 15) is 4.79 Å². The number of aryl methyl sites for hydroxylation is 1. The Kier molecular flexibility index (Phi) is 5.28. The molecule has 1 saturated heterocycles. The fraction of sp³-hybridized carbons (Fsp3) is 0.533. The van der Waals surface area contributed by atoms with Crippen molar-refractivity contribution in [3.63, 3.8) is 0 Å². The van der Waals surface area contributed by atoms with Crippen LogP contribution in [0.1, 0.15) is 18.4 Å². The molecule has 3 nitrogen and oxygen atoms in total. The van der Waals surface area contributed by atoms with Gasteiger partial charge in [0, 0.05) is 30.3 Å². The normalized spacial score (nSPS) is 16.6. The monoisotopic (exact) mass is 279 g/mol. The zero-order valence-corrected chi connectivity index (χ0v) is 12.4. The van der Waals surface area contributed by atoms with Gasteiger partial charge >= 0.3 is 0 Å². The first kappa shape index (κ1) is 14.4. The van der Waals surface area contributed by atoms with Crippen LogP contribution in [0.25, 0.3) is 0 Å². The molecule has 0 spiro atoms. The Bertz CT molecular complexity index is 428. The van der Waals surface area contributed by atoms with Gasteiger partial charge in [-0.05, 0) is 31.4 Å². The predicted octanol–water partition coefficient (Wildman–Crippen LogP) is 2.72. The summed E-state index contributed by atoms with van der Waals surface area (Å²) < 4.78 is 4.90. The second kappa shape index (κ2) is 6.96. The maximum absolute atomic E-state index is 11.7. The zero-order chi connectivity index (χ0) is 13.7. The minimum atomic E-state index is 0.113. The summed E-state index contributed by atoms with van der Waals surface area (Å²) in [7, 11) is 1.57. The molecule has 0 saturated carbocycles. The summed E-state index contributed by atoms with van der Waals surface area (Å²) >= 11 is 1.95. The Morgan fingerprint density at radius 2 is 2.05 bits per heavy atom. The van der Waals surface area contributed by atoms with Gasteiger partial charge in [-0.1, -0.05) is 18.2 Å². The number of benzene rings is 1. The van der Waals surface area contributed by atoms with Crippen LogP contribution in [0, 0.1) is 6.92 Å². The van der Waals surface area contributed by atoms with Crippen LogP contribution in [-0.4, -0.2) is 42.9 Å². The molecule has 0 radical (unpaired) electrons. The third-order valence-corrected chi connectivity index (χ3v) is 4.97. The highest BCUT2D eigenvalue weighted by Crippen LogP contribution is 2.32. The average Bonchev–Trinajstić information content (AvgIpc) is 2.42. The van der Waals surface area contributed by atoms with E-state index < -0.39 is 0 Å². The van der Waals surface area contributed by atoms with Gasteiger partial charge in [0.2, 0.25) is 5.91 Å². The lowest BCUT2D eigenvalue weighted by molar-refractivity contribution is -0.135. The minimum absolute atomic E-state index is 0.113. The van der Waals surface area contributed by atoms with E-state index in [2.05, 4.69) is 31.2 Å². The van der Waals surface area contributed by atoms with Gasteiger partial charge in [-0.15, -0.1) is 11.8 Å². The zero-order valence-electron chi connectivity index (χ0n) is 11.6. The van der Waals surface area contributed by atoms with Crippen LogP contribution in [0.4, 0.5) is 0 Å². The molecule has 1 aromatic carbocycles. The fourth-order valence-corrected chi connectivity index (χ4v) is 3.52. The van der Waals surface area contributed by atoms with Gasteiger partial charge in [-0.3, -0.25) is 4.79 Å². The molecule has 0 unspecified atom stereocenters. The molecule has 1 heterocycles. The van der Waals surface area contributed by atoms with Gasteiger partial charge in [-0.25, -0.2) is 0 Å². The standard InChI is InChI=1S/C15H21NO2S/c1-12-5-3-4-6-14(12)19-13-7-9-16(10-8-13)15(17)11-18-2/h3-6,13H,7-11H2,1-2H3. The molecule has 1 fully saturated rings. The minimum Gasteiger partial charge on any atom is -0.375 e. The smallest absolute Gasteiger partial charge is 0.248 e. The molecule has 1 aromatic rings. The topological polar surface area (TPSA) is 29.5 Å². The van der Waals surface area contributed by atoms with Crippen molar-refractivity contribution in [1.82, 2.24) is 4.90 Å². The second-order valence-electron chi connectivity index (χ2n) is 4.90. The Balaban J connectivity index is 1.84. The Hall–Kier alpha value is -1.00. The molecule has 2 rings (SSSR count). The molecule has 1 aliphatic rings. The van der Waals surface area contributed by atoms with E-state index in [-0.39, 0.29) is 12.5 Å². The predicted molar refractivity (Wildman–Crippen MR) is 78.5 cm³/mol. The van der Waals surface area contributed by atoms with Crippen molar-refractivity contribution in [3.05, 3.63) is 29.8 Å². The van der Waals surface area contributed by atoms with Crippen molar-refractivity contribution in [1.29, 1.82) is 0 Å². The third-order valence-electron chi connectivity index (χ3n) is 3.45. The Morgan fingerprint density at radius 3 is 2.68 bits per heavy atom. The summed E-state index contributed by atoms with van der Waals surface area (Å²) in [5, 5.41) is 0.618. The Labute approximate surface area is 119 Å². The number of rotatable bonds is 4. The van der Waals surface area contributed by atoms with E-state index in [0.29, 0.717) is 5.25 Å². The molecular formula is C15H21NO2S. The molecular weight excluding hydrogens is 258 g/mol. The van der Waals surface area contributed by atoms with Crippen LogP contribution in [0.15, 0.2) is 29.2 Å². The fourth-order valence-electron chi connectivity index (χ4n) is 2.31. The van der Waals surface area contributed by atoms with Crippen LogP contribution >= 0.6 is 11.8 Å². The van der Waals surface area contributed by atoms with Crippen LogP contribution in [-0.2, 0) is 9.53 Å². The largest absolute Gasteiger partial charge is 0.375 e. The summed E-state index contributed by atoms with van der Waals surface area (Å²) in [6, 6.07) is 8.50. The van der Waals surface area contributed by atoms with Crippen LogP contribution < -0.4 is 0 Å². The highest BCUT2D eigenvalue weighted by molar-refractivity contribution is 8.00. The number of likely N-dealkylation sites (tertiary alicyclic amines) is 1. The molecule has 19 heavy (non-hydrogen) atoms. The van der Waals surface area contributed by atoms with E-state index in [1.165, 1.54) is 10.5 Å². The summed E-state index contributed by atoms with van der Waals surface area (Å²) in [5.41, 5.74) is 1.34. The van der Waals surface area contributed by atoms with E-state index in [1.54, 1.807) is 7.11 Å². The molecule has 4 heteroatoms. The van der Waals surface area contributed by atoms with Crippen LogP contribution in [0.5, 0.6) is 0 Å². The molecule has 0 N–H and O–H groups in total. The molecule has 104 valence electrons. The lowest BCUT2D eigenvalue weighted by Crippen LogP contribution is -2.41. The van der Waals surface area contributed by atoms with Crippen molar-refractivity contribution in [2.24, 2.45) is 0 Å². The van der Waals surface area contributed by atoms with Gasteiger partial charge in [0.05, 0.1) is 0 Å².